The summed E-state index contributed by atoms with van der Waals surface area (Å²) < 4.78 is 0. The van der Waals surface area contributed by atoms with Gasteiger partial charge in [0, 0.05) is 6.20 Å². The number of nitrogens with zero attached hydrogens (tertiary/aromatic N) is 1. The average molecular weight is 227 g/mol. The Balaban J connectivity index is 2.46. The first kappa shape index (κ1) is 11.8. The van der Waals surface area contributed by atoms with E-state index < -0.39 is 0 Å². The number of pyridine rings is 1. The second kappa shape index (κ2) is 5.08. The molecule has 0 aliphatic heterocycles. The minimum Gasteiger partial charge on any atom is -0.271 e. The molecule has 0 saturated heterocycles. The molecule has 88 valence electrons. The van der Waals surface area contributed by atoms with Crippen LogP contribution in [0.1, 0.15) is 28.4 Å². The van der Waals surface area contributed by atoms with Crippen LogP contribution < -0.4 is 11.3 Å². The summed E-state index contributed by atoms with van der Waals surface area (Å²) in [4.78, 5) is 4.35. The Hall–Kier alpha value is -1.71. The SMILES string of the molecule is Cc1cccc(C(NN)c2ccccn2)c1C. The van der Waals surface area contributed by atoms with E-state index in [9.17, 15) is 0 Å². The Morgan fingerprint density at radius 1 is 1.12 bits per heavy atom. The summed E-state index contributed by atoms with van der Waals surface area (Å²) in [7, 11) is 0. The van der Waals surface area contributed by atoms with E-state index in [0.717, 1.165) is 5.69 Å². The van der Waals surface area contributed by atoms with Crippen molar-refractivity contribution < 1.29 is 0 Å². The van der Waals surface area contributed by atoms with Gasteiger partial charge in [-0.05, 0) is 42.7 Å². The van der Waals surface area contributed by atoms with Crippen LogP contribution in [-0.4, -0.2) is 4.98 Å². The van der Waals surface area contributed by atoms with Gasteiger partial charge in [-0.2, -0.15) is 0 Å². The van der Waals surface area contributed by atoms with Crippen molar-refractivity contribution in [3.05, 3.63) is 65.0 Å². The molecule has 0 spiro atoms. The monoisotopic (exact) mass is 227 g/mol. The van der Waals surface area contributed by atoms with E-state index in [4.69, 9.17) is 5.84 Å². The summed E-state index contributed by atoms with van der Waals surface area (Å²) in [5.41, 5.74) is 7.46. The maximum Gasteiger partial charge on any atom is 0.0884 e. The number of hydrogen-bond acceptors (Lipinski definition) is 3. The van der Waals surface area contributed by atoms with Gasteiger partial charge in [-0.1, -0.05) is 24.3 Å². The van der Waals surface area contributed by atoms with Gasteiger partial charge >= 0.3 is 0 Å². The van der Waals surface area contributed by atoms with E-state index in [1.54, 1.807) is 6.20 Å². The first-order valence-electron chi connectivity index (χ1n) is 5.67. The third kappa shape index (κ3) is 2.35. The summed E-state index contributed by atoms with van der Waals surface area (Å²) in [5.74, 6) is 5.67. The molecule has 0 aliphatic rings. The van der Waals surface area contributed by atoms with Crippen molar-refractivity contribution in [2.24, 2.45) is 5.84 Å². The lowest BCUT2D eigenvalue weighted by Gasteiger charge is -2.19. The van der Waals surface area contributed by atoms with Crippen LogP contribution in [0.25, 0.3) is 0 Å². The molecular weight excluding hydrogens is 210 g/mol. The summed E-state index contributed by atoms with van der Waals surface area (Å²) in [6, 6.07) is 12.0. The van der Waals surface area contributed by atoms with Gasteiger partial charge in [0.05, 0.1) is 11.7 Å². The molecule has 3 heteroatoms. The highest BCUT2D eigenvalue weighted by Gasteiger charge is 2.15. The van der Waals surface area contributed by atoms with Gasteiger partial charge in [0.1, 0.15) is 0 Å². The Morgan fingerprint density at radius 2 is 1.94 bits per heavy atom. The van der Waals surface area contributed by atoms with Crippen molar-refractivity contribution in [1.29, 1.82) is 0 Å². The lowest BCUT2D eigenvalue weighted by Crippen LogP contribution is -2.30. The first-order valence-corrected chi connectivity index (χ1v) is 5.67. The molecule has 0 radical (unpaired) electrons. The van der Waals surface area contributed by atoms with Crippen LogP contribution in [-0.2, 0) is 0 Å². The van der Waals surface area contributed by atoms with Crippen molar-refractivity contribution in [3.63, 3.8) is 0 Å². The minimum absolute atomic E-state index is 0.0592. The number of aryl methyl sites for hydroxylation is 1. The number of aromatic nitrogens is 1. The predicted molar refractivity (Wildman–Crippen MR) is 69.3 cm³/mol. The van der Waals surface area contributed by atoms with E-state index in [1.165, 1.54) is 16.7 Å². The van der Waals surface area contributed by atoms with Crippen molar-refractivity contribution >= 4 is 0 Å². The molecule has 17 heavy (non-hydrogen) atoms. The Labute approximate surface area is 102 Å². The van der Waals surface area contributed by atoms with E-state index in [1.807, 2.05) is 24.3 Å². The predicted octanol–water partition coefficient (Wildman–Crippen LogP) is 2.25. The summed E-state index contributed by atoms with van der Waals surface area (Å²) in [5, 5.41) is 0. The lowest BCUT2D eigenvalue weighted by molar-refractivity contribution is 0.617. The molecule has 0 saturated carbocycles. The van der Waals surface area contributed by atoms with Crippen LogP contribution in [0.2, 0.25) is 0 Å². The fraction of sp³-hybridized carbons (Fsp3) is 0.214. The van der Waals surface area contributed by atoms with Crippen LogP contribution in [0.3, 0.4) is 0 Å². The average Bonchev–Trinajstić information content (AvgIpc) is 2.37. The molecule has 3 N–H and O–H groups in total. The number of nitrogens with two attached hydrogens (primary N) is 1. The molecule has 0 bridgehead atoms. The smallest absolute Gasteiger partial charge is 0.0884 e. The zero-order valence-corrected chi connectivity index (χ0v) is 10.1. The molecule has 2 rings (SSSR count). The van der Waals surface area contributed by atoms with Gasteiger partial charge in [0.25, 0.3) is 0 Å². The van der Waals surface area contributed by atoms with Gasteiger partial charge in [-0.25, -0.2) is 5.43 Å². The quantitative estimate of drug-likeness (QED) is 0.624. The van der Waals surface area contributed by atoms with Gasteiger partial charge in [0.15, 0.2) is 0 Å². The molecular formula is C14H17N3. The highest BCUT2D eigenvalue weighted by atomic mass is 15.2. The fourth-order valence-corrected chi connectivity index (χ4v) is 1.97. The Morgan fingerprint density at radius 3 is 2.59 bits per heavy atom. The molecule has 1 atom stereocenters. The first-order chi connectivity index (χ1) is 8.24. The summed E-state index contributed by atoms with van der Waals surface area (Å²) in [6.45, 7) is 4.21. The zero-order valence-electron chi connectivity index (χ0n) is 10.1. The Bertz CT molecular complexity index is 494. The maximum atomic E-state index is 5.67. The van der Waals surface area contributed by atoms with Crippen LogP contribution in [0.15, 0.2) is 42.6 Å². The second-order valence-electron chi connectivity index (χ2n) is 4.14. The minimum atomic E-state index is -0.0592. The van der Waals surface area contributed by atoms with E-state index in [0.29, 0.717) is 0 Å². The van der Waals surface area contributed by atoms with E-state index in [-0.39, 0.29) is 6.04 Å². The molecule has 1 heterocycles. The van der Waals surface area contributed by atoms with Gasteiger partial charge in [0.2, 0.25) is 0 Å². The molecule has 0 aliphatic carbocycles. The van der Waals surface area contributed by atoms with Gasteiger partial charge in [-0.15, -0.1) is 0 Å². The molecule has 1 aromatic heterocycles. The third-order valence-electron chi connectivity index (χ3n) is 3.11. The third-order valence-corrected chi connectivity index (χ3v) is 3.11. The van der Waals surface area contributed by atoms with Crippen molar-refractivity contribution in [1.82, 2.24) is 10.4 Å². The normalized spacial score (nSPS) is 12.4. The lowest BCUT2D eigenvalue weighted by atomic mass is 9.95. The molecule has 3 nitrogen and oxygen atoms in total. The number of rotatable bonds is 3. The van der Waals surface area contributed by atoms with Crippen LogP contribution >= 0.6 is 0 Å². The second-order valence-corrected chi connectivity index (χ2v) is 4.14. The van der Waals surface area contributed by atoms with Crippen LogP contribution in [0.4, 0.5) is 0 Å². The molecule has 1 aromatic carbocycles. The number of benzene rings is 1. The van der Waals surface area contributed by atoms with Crippen LogP contribution in [0.5, 0.6) is 0 Å². The van der Waals surface area contributed by atoms with E-state index in [2.05, 4.69) is 36.4 Å². The molecule has 0 fully saturated rings. The number of nitrogens with one attached hydrogen (secondary N) is 1. The zero-order chi connectivity index (χ0) is 12.3. The summed E-state index contributed by atoms with van der Waals surface area (Å²) in [6.07, 6.45) is 1.78. The standard InChI is InChI=1S/C14H17N3/c1-10-6-5-7-12(11(10)2)14(17-15)13-8-3-4-9-16-13/h3-9,14,17H,15H2,1-2H3. The van der Waals surface area contributed by atoms with E-state index >= 15 is 0 Å². The molecule has 2 aromatic rings. The topological polar surface area (TPSA) is 50.9 Å². The fourth-order valence-electron chi connectivity index (χ4n) is 1.97. The van der Waals surface area contributed by atoms with Crippen molar-refractivity contribution in [2.75, 3.05) is 0 Å². The van der Waals surface area contributed by atoms with Gasteiger partial charge < -0.3 is 0 Å². The highest BCUT2D eigenvalue weighted by Crippen LogP contribution is 2.24. The largest absolute Gasteiger partial charge is 0.271 e. The number of hydrazine groups is 1. The van der Waals surface area contributed by atoms with Crippen molar-refractivity contribution in [2.45, 2.75) is 19.9 Å². The number of hydrogen-bond donors (Lipinski definition) is 2. The van der Waals surface area contributed by atoms with Gasteiger partial charge in [-0.3, -0.25) is 10.8 Å². The molecule has 0 amide bonds. The molecule has 1 unspecified atom stereocenters. The highest BCUT2D eigenvalue weighted by molar-refractivity contribution is 5.38. The van der Waals surface area contributed by atoms with Crippen LogP contribution in [0, 0.1) is 13.8 Å². The Kier molecular flexibility index (Phi) is 3.52. The summed E-state index contributed by atoms with van der Waals surface area (Å²) >= 11 is 0. The maximum absolute atomic E-state index is 5.67. The van der Waals surface area contributed by atoms with Crippen molar-refractivity contribution in [3.8, 4) is 0 Å².